The van der Waals surface area contributed by atoms with Crippen molar-refractivity contribution < 1.29 is 13.9 Å². The van der Waals surface area contributed by atoms with E-state index in [9.17, 15) is 4.39 Å². The molecule has 0 radical (unpaired) electrons. The monoisotopic (exact) mass is 427 g/mol. The van der Waals surface area contributed by atoms with E-state index in [0.29, 0.717) is 11.5 Å². The maximum atomic E-state index is 13.3. The van der Waals surface area contributed by atoms with E-state index in [-0.39, 0.29) is 12.4 Å². The van der Waals surface area contributed by atoms with Gasteiger partial charge in [-0.2, -0.15) is 0 Å². The fourth-order valence-electron chi connectivity index (χ4n) is 2.52. The summed E-state index contributed by atoms with van der Waals surface area (Å²) in [4.78, 5) is 4.48. The summed E-state index contributed by atoms with van der Waals surface area (Å²) in [6, 6.07) is 18.1. The van der Waals surface area contributed by atoms with E-state index < -0.39 is 0 Å². The number of methoxy groups -OCH3 is 1. The van der Waals surface area contributed by atoms with Gasteiger partial charge in [0.05, 0.1) is 17.3 Å². The number of aryl methyl sites for hydroxylation is 1. The summed E-state index contributed by atoms with van der Waals surface area (Å²) in [5.41, 5.74) is 3.69. The molecule has 27 heavy (non-hydrogen) atoms. The van der Waals surface area contributed by atoms with E-state index in [4.69, 9.17) is 9.47 Å². The van der Waals surface area contributed by atoms with Crippen LogP contribution in [-0.2, 0) is 6.61 Å². The highest BCUT2D eigenvalue weighted by Gasteiger charge is 2.11. The van der Waals surface area contributed by atoms with E-state index in [1.165, 1.54) is 17.7 Å². The standard InChI is InChI=1S/C22H19BrFNO2/c1-15-6-8-19(9-7-15)25-13-17-11-20(23)22(21(12-17)26-2)27-14-16-4-3-5-18(24)10-16/h3-13H,14H2,1-2H3. The fourth-order valence-corrected chi connectivity index (χ4v) is 3.09. The Bertz CT molecular complexity index is 955. The highest BCUT2D eigenvalue weighted by atomic mass is 79.9. The zero-order valence-corrected chi connectivity index (χ0v) is 16.7. The number of aliphatic imine (C=N–C) groups is 1. The van der Waals surface area contributed by atoms with Crippen LogP contribution in [0.5, 0.6) is 11.5 Å². The Morgan fingerprint density at radius 1 is 1.07 bits per heavy atom. The van der Waals surface area contributed by atoms with Crippen molar-refractivity contribution in [2.75, 3.05) is 7.11 Å². The lowest BCUT2D eigenvalue weighted by molar-refractivity contribution is 0.282. The summed E-state index contributed by atoms with van der Waals surface area (Å²) in [5.74, 6) is 0.852. The first-order valence-electron chi connectivity index (χ1n) is 8.40. The second-order valence-corrected chi connectivity index (χ2v) is 6.90. The Hall–Kier alpha value is -2.66. The van der Waals surface area contributed by atoms with Gasteiger partial charge in [-0.05, 0) is 70.4 Å². The van der Waals surface area contributed by atoms with Gasteiger partial charge >= 0.3 is 0 Å². The van der Waals surface area contributed by atoms with Crippen molar-refractivity contribution in [2.24, 2.45) is 4.99 Å². The normalized spacial score (nSPS) is 11.0. The number of halogens is 2. The van der Waals surface area contributed by atoms with Crippen LogP contribution in [0.2, 0.25) is 0 Å². The lowest BCUT2D eigenvalue weighted by Crippen LogP contribution is -2.00. The molecule has 3 nitrogen and oxygen atoms in total. The number of hydrogen-bond donors (Lipinski definition) is 0. The van der Waals surface area contributed by atoms with Crippen LogP contribution in [0, 0.1) is 12.7 Å². The van der Waals surface area contributed by atoms with Gasteiger partial charge < -0.3 is 9.47 Å². The van der Waals surface area contributed by atoms with Crippen LogP contribution in [0.4, 0.5) is 10.1 Å². The van der Waals surface area contributed by atoms with Crippen LogP contribution < -0.4 is 9.47 Å². The minimum atomic E-state index is -0.287. The number of benzene rings is 3. The summed E-state index contributed by atoms with van der Waals surface area (Å²) < 4.78 is 25.4. The quantitative estimate of drug-likeness (QED) is 0.436. The number of ether oxygens (including phenoxy) is 2. The Morgan fingerprint density at radius 3 is 2.56 bits per heavy atom. The topological polar surface area (TPSA) is 30.8 Å². The van der Waals surface area contributed by atoms with Crippen LogP contribution in [0.3, 0.4) is 0 Å². The minimum absolute atomic E-state index is 0.240. The number of hydrogen-bond acceptors (Lipinski definition) is 3. The number of nitrogens with zero attached hydrogens (tertiary/aromatic N) is 1. The molecule has 0 spiro atoms. The summed E-state index contributed by atoms with van der Waals surface area (Å²) in [7, 11) is 1.58. The van der Waals surface area contributed by atoms with Gasteiger partial charge in [-0.1, -0.05) is 29.8 Å². The Morgan fingerprint density at radius 2 is 1.85 bits per heavy atom. The third-order valence-electron chi connectivity index (χ3n) is 3.92. The molecule has 0 unspecified atom stereocenters. The van der Waals surface area contributed by atoms with Gasteiger partial charge in [-0.25, -0.2) is 4.39 Å². The highest BCUT2D eigenvalue weighted by molar-refractivity contribution is 9.10. The molecule has 0 saturated carbocycles. The second kappa shape index (κ2) is 8.82. The lowest BCUT2D eigenvalue weighted by atomic mass is 10.2. The van der Waals surface area contributed by atoms with Crippen LogP contribution >= 0.6 is 15.9 Å². The smallest absolute Gasteiger partial charge is 0.175 e. The van der Waals surface area contributed by atoms with Crippen molar-refractivity contribution in [3.63, 3.8) is 0 Å². The maximum absolute atomic E-state index is 13.3. The molecule has 138 valence electrons. The predicted molar refractivity (Wildman–Crippen MR) is 110 cm³/mol. The molecule has 0 heterocycles. The zero-order chi connectivity index (χ0) is 19.2. The van der Waals surface area contributed by atoms with Crippen LogP contribution in [0.1, 0.15) is 16.7 Å². The molecule has 3 aromatic rings. The van der Waals surface area contributed by atoms with E-state index in [1.54, 1.807) is 19.4 Å². The molecular formula is C22H19BrFNO2. The van der Waals surface area contributed by atoms with Crippen molar-refractivity contribution in [3.8, 4) is 11.5 Å². The highest BCUT2D eigenvalue weighted by Crippen LogP contribution is 2.37. The average Bonchev–Trinajstić information content (AvgIpc) is 2.66. The first-order chi connectivity index (χ1) is 13.0. The van der Waals surface area contributed by atoms with Crippen molar-refractivity contribution in [1.29, 1.82) is 0 Å². The molecule has 3 rings (SSSR count). The molecule has 0 saturated heterocycles. The molecule has 0 atom stereocenters. The molecular weight excluding hydrogens is 409 g/mol. The first kappa shape index (κ1) is 19.1. The van der Waals surface area contributed by atoms with Crippen molar-refractivity contribution in [2.45, 2.75) is 13.5 Å². The van der Waals surface area contributed by atoms with E-state index >= 15 is 0 Å². The maximum Gasteiger partial charge on any atom is 0.175 e. The lowest BCUT2D eigenvalue weighted by Gasteiger charge is -2.13. The Balaban J connectivity index is 1.79. The summed E-state index contributed by atoms with van der Waals surface area (Å²) in [5, 5.41) is 0. The fraction of sp³-hybridized carbons (Fsp3) is 0.136. The third kappa shape index (κ3) is 5.17. The Labute approximate surface area is 166 Å². The molecule has 5 heteroatoms. The molecule has 0 N–H and O–H groups in total. The molecule has 0 amide bonds. The van der Waals surface area contributed by atoms with Crippen molar-refractivity contribution in [1.82, 2.24) is 0 Å². The van der Waals surface area contributed by atoms with Gasteiger partial charge in [0.2, 0.25) is 0 Å². The van der Waals surface area contributed by atoms with Crippen LogP contribution in [-0.4, -0.2) is 13.3 Å². The van der Waals surface area contributed by atoms with Gasteiger partial charge in [-0.3, -0.25) is 4.99 Å². The van der Waals surface area contributed by atoms with Crippen LogP contribution in [0.15, 0.2) is 70.1 Å². The summed E-state index contributed by atoms with van der Waals surface area (Å²) >= 11 is 3.52. The molecule has 0 fully saturated rings. The SMILES string of the molecule is COc1cc(C=Nc2ccc(C)cc2)cc(Br)c1OCc1cccc(F)c1. The van der Waals surface area contributed by atoms with E-state index in [2.05, 4.69) is 20.9 Å². The molecule has 0 aliphatic rings. The van der Waals surface area contributed by atoms with Gasteiger partial charge in [0.1, 0.15) is 12.4 Å². The molecule has 3 aromatic carbocycles. The van der Waals surface area contributed by atoms with E-state index in [1.807, 2.05) is 49.4 Å². The Kier molecular flexibility index (Phi) is 6.24. The van der Waals surface area contributed by atoms with Gasteiger partial charge in [0, 0.05) is 6.21 Å². The zero-order valence-electron chi connectivity index (χ0n) is 15.1. The minimum Gasteiger partial charge on any atom is -0.493 e. The first-order valence-corrected chi connectivity index (χ1v) is 9.20. The largest absolute Gasteiger partial charge is 0.493 e. The van der Waals surface area contributed by atoms with Gasteiger partial charge in [-0.15, -0.1) is 0 Å². The molecule has 0 aliphatic heterocycles. The predicted octanol–water partition coefficient (Wildman–Crippen LogP) is 6.23. The van der Waals surface area contributed by atoms with Crippen molar-refractivity contribution >= 4 is 27.8 Å². The molecule has 0 bridgehead atoms. The van der Waals surface area contributed by atoms with Gasteiger partial charge in [0.15, 0.2) is 11.5 Å². The summed E-state index contributed by atoms with van der Waals surface area (Å²) in [6.45, 7) is 2.28. The second-order valence-electron chi connectivity index (χ2n) is 6.05. The van der Waals surface area contributed by atoms with Crippen LogP contribution in [0.25, 0.3) is 0 Å². The molecule has 0 aliphatic carbocycles. The van der Waals surface area contributed by atoms with Crippen molar-refractivity contribution in [3.05, 3.63) is 87.6 Å². The van der Waals surface area contributed by atoms with E-state index in [0.717, 1.165) is 21.3 Å². The summed E-state index contributed by atoms with van der Waals surface area (Å²) in [6.07, 6.45) is 1.77. The van der Waals surface area contributed by atoms with Gasteiger partial charge in [0.25, 0.3) is 0 Å². The third-order valence-corrected chi connectivity index (χ3v) is 4.51. The number of rotatable bonds is 6. The average molecular weight is 428 g/mol. The molecule has 0 aromatic heterocycles.